The van der Waals surface area contributed by atoms with E-state index in [1.807, 2.05) is 0 Å². The molecule has 1 aliphatic rings. The van der Waals surface area contributed by atoms with Gasteiger partial charge in [0.2, 0.25) is 0 Å². The molecule has 2 rings (SSSR count). The van der Waals surface area contributed by atoms with E-state index in [1.54, 1.807) is 0 Å². The summed E-state index contributed by atoms with van der Waals surface area (Å²) >= 11 is 5.83. The standard InChI is InChI=1S/C17H24ClN3O3/c1-16(2)8-11(9-17(3,4)21-16)19-14(23)15(24)20-12-7-10(18)5-6-13(12)22/h5-7,11,21-22H,8-9H2,1-4H3,(H,19,23)(H,20,24). The number of hydrogen-bond donors (Lipinski definition) is 4. The average molecular weight is 354 g/mol. The fraction of sp³-hybridized carbons (Fsp3) is 0.529. The normalized spacial score (nSPS) is 19.5. The lowest BCUT2D eigenvalue weighted by atomic mass is 9.79. The van der Waals surface area contributed by atoms with Crippen molar-refractivity contribution in [1.29, 1.82) is 0 Å². The number of piperidine rings is 1. The van der Waals surface area contributed by atoms with Crippen molar-refractivity contribution in [3.05, 3.63) is 23.2 Å². The number of amides is 2. The maximum atomic E-state index is 12.2. The van der Waals surface area contributed by atoms with Gasteiger partial charge >= 0.3 is 11.8 Å². The van der Waals surface area contributed by atoms with E-state index in [1.165, 1.54) is 18.2 Å². The van der Waals surface area contributed by atoms with Crippen LogP contribution in [0, 0.1) is 0 Å². The van der Waals surface area contributed by atoms with Crippen LogP contribution in [0.5, 0.6) is 5.75 Å². The van der Waals surface area contributed by atoms with Gasteiger partial charge in [-0.3, -0.25) is 9.59 Å². The average Bonchev–Trinajstić information content (AvgIpc) is 2.39. The molecule has 0 bridgehead atoms. The first-order valence-electron chi connectivity index (χ1n) is 7.87. The lowest BCUT2D eigenvalue weighted by Gasteiger charge is -2.46. The van der Waals surface area contributed by atoms with Crippen LogP contribution in [0.1, 0.15) is 40.5 Å². The first-order chi connectivity index (χ1) is 11.0. The van der Waals surface area contributed by atoms with Gasteiger partial charge in [0.05, 0.1) is 5.69 Å². The summed E-state index contributed by atoms with van der Waals surface area (Å²) in [4.78, 5) is 24.3. The third-order valence-electron chi connectivity index (χ3n) is 3.94. The fourth-order valence-electron chi connectivity index (χ4n) is 3.46. The third-order valence-corrected chi connectivity index (χ3v) is 4.17. The van der Waals surface area contributed by atoms with Gasteiger partial charge in [0, 0.05) is 22.1 Å². The minimum absolute atomic E-state index is 0.105. The van der Waals surface area contributed by atoms with Gasteiger partial charge in [-0.2, -0.15) is 0 Å². The second-order valence-electron chi connectivity index (χ2n) is 7.59. The molecule has 1 saturated heterocycles. The molecule has 1 heterocycles. The molecule has 2 amide bonds. The van der Waals surface area contributed by atoms with E-state index in [9.17, 15) is 14.7 Å². The van der Waals surface area contributed by atoms with Gasteiger partial charge in [-0.25, -0.2) is 0 Å². The molecule has 1 fully saturated rings. The summed E-state index contributed by atoms with van der Waals surface area (Å²) in [7, 11) is 0. The molecule has 0 saturated carbocycles. The van der Waals surface area contributed by atoms with Crippen LogP contribution in [0.15, 0.2) is 18.2 Å². The highest BCUT2D eigenvalue weighted by Crippen LogP contribution is 2.29. The number of phenols is 1. The van der Waals surface area contributed by atoms with Crippen molar-refractivity contribution in [2.24, 2.45) is 0 Å². The molecule has 4 N–H and O–H groups in total. The largest absolute Gasteiger partial charge is 0.506 e. The second-order valence-corrected chi connectivity index (χ2v) is 8.02. The molecule has 7 heteroatoms. The van der Waals surface area contributed by atoms with Gasteiger partial charge < -0.3 is 21.1 Å². The van der Waals surface area contributed by atoms with Crippen molar-refractivity contribution in [3.8, 4) is 5.75 Å². The van der Waals surface area contributed by atoms with Crippen LogP contribution < -0.4 is 16.0 Å². The molecule has 1 aromatic rings. The smallest absolute Gasteiger partial charge is 0.313 e. The molecule has 132 valence electrons. The zero-order chi connectivity index (χ0) is 18.1. The van der Waals surface area contributed by atoms with E-state index in [4.69, 9.17) is 11.6 Å². The van der Waals surface area contributed by atoms with Crippen LogP contribution in [-0.2, 0) is 9.59 Å². The number of hydrogen-bond acceptors (Lipinski definition) is 4. The molecule has 0 aliphatic carbocycles. The summed E-state index contributed by atoms with van der Waals surface area (Å²) in [6.45, 7) is 8.27. The Morgan fingerprint density at radius 2 is 1.75 bits per heavy atom. The van der Waals surface area contributed by atoms with E-state index >= 15 is 0 Å². The number of benzene rings is 1. The van der Waals surface area contributed by atoms with Gasteiger partial charge in [0.15, 0.2) is 0 Å². The summed E-state index contributed by atoms with van der Waals surface area (Å²) in [6.07, 6.45) is 1.44. The van der Waals surface area contributed by atoms with Gasteiger partial charge in [-0.1, -0.05) is 11.6 Å². The van der Waals surface area contributed by atoms with Crippen molar-refractivity contribution in [2.45, 2.75) is 57.7 Å². The predicted octanol–water partition coefficient (Wildman–Crippen LogP) is 2.41. The van der Waals surface area contributed by atoms with Crippen LogP contribution in [0.4, 0.5) is 5.69 Å². The van der Waals surface area contributed by atoms with Crippen LogP contribution in [0.25, 0.3) is 0 Å². The summed E-state index contributed by atoms with van der Waals surface area (Å²) in [5.74, 6) is -1.71. The Labute approximate surface area is 147 Å². The van der Waals surface area contributed by atoms with E-state index in [2.05, 4.69) is 43.6 Å². The molecule has 0 aromatic heterocycles. The summed E-state index contributed by atoms with van der Waals surface area (Å²) in [5, 5.41) is 18.7. The highest BCUT2D eigenvalue weighted by Gasteiger charge is 2.38. The van der Waals surface area contributed by atoms with Crippen molar-refractivity contribution < 1.29 is 14.7 Å². The molecule has 24 heavy (non-hydrogen) atoms. The number of rotatable bonds is 2. The Morgan fingerprint density at radius 3 is 2.33 bits per heavy atom. The highest BCUT2D eigenvalue weighted by atomic mass is 35.5. The first kappa shape index (κ1) is 18.5. The Hall–Kier alpha value is -1.79. The Kier molecular flexibility index (Phi) is 5.11. The van der Waals surface area contributed by atoms with Crippen molar-refractivity contribution >= 4 is 29.1 Å². The molecular formula is C17H24ClN3O3. The monoisotopic (exact) mass is 353 g/mol. The van der Waals surface area contributed by atoms with Crippen LogP contribution in [0.3, 0.4) is 0 Å². The molecule has 0 atom stereocenters. The fourth-order valence-corrected chi connectivity index (χ4v) is 3.63. The molecule has 1 aliphatic heterocycles. The SMILES string of the molecule is CC1(C)CC(NC(=O)C(=O)Nc2cc(Cl)ccc2O)CC(C)(C)N1. The molecule has 6 nitrogen and oxygen atoms in total. The molecular weight excluding hydrogens is 330 g/mol. The molecule has 0 unspecified atom stereocenters. The maximum Gasteiger partial charge on any atom is 0.313 e. The van der Waals surface area contributed by atoms with Gasteiger partial charge in [0.1, 0.15) is 5.75 Å². The number of phenolic OH excluding ortho intramolecular Hbond substituents is 1. The minimum Gasteiger partial charge on any atom is -0.506 e. The van der Waals surface area contributed by atoms with Gasteiger partial charge in [-0.15, -0.1) is 0 Å². The van der Waals surface area contributed by atoms with Crippen molar-refractivity contribution in [1.82, 2.24) is 10.6 Å². The summed E-state index contributed by atoms with van der Waals surface area (Å²) < 4.78 is 0. The number of anilines is 1. The molecule has 0 radical (unpaired) electrons. The highest BCUT2D eigenvalue weighted by molar-refractivity contribution is 6.40. The van der Waals surface area contributed by atoms with Crippen LogP contribution >= 0.6 is 11.6 Å². The van der Waals surface area contributed by atoms with E-state index in [-0.39, 0.29) is 28.6 Å². The van der Waals surface area contributed by atoms with E-state index in [0.29, 0.717) is 5.02 Å². The predicted molar refractivity (Wildman–Crippen MR) is 94.2 cm³/mol. The Morgan fingerprint density at radius 1 is 1.17 bits per heavy atom. The zero-order valence-corrected chi connectivity index (χ0v) is 15.1. The summed E-state index contributed by atoms with van der Waals surface area (Å²) in [6, 6.07) is 4.13. The van der Waals surface area contributed by atoms with E-state index in [0.717, 1.165) is 12.8 Å². The lowest BCUT2D eigenvalue weighted by molar-refractivity contribution is -0.137. The van der Waals surface area contributed by atoms with Gasteiger partial charge in [-0.05, 0) is 58.7 Å². The Bertz CT molecular complexity index is 642. The maximum absolute atomic E-state index is 12.2. The third kappa shape index (κ3) is 4.85. The molecule has 1 aromatic carbocycles. The minimum atomic E-state index is -0.832. The van der Waals surface area contributed by atoms with E-state index < -0.39 is 11.8 Å². The quantitative estimate of drug-likeness (QED) is 0.485. The Balaban J connectivity index is 2.01. The topological polar surface area (TPSA) is 90.5 Å². The number of halogens is 1. The van der Waals surface area contributed by atoms with Crippen LogP contribution in [0.2, 0.25) is 5.02 Å². The first-order valence-corrected chi connectivity index (χ1v) is 8.25. The van der Waals surface area contributed by atoms with Crippen LogP contribution in [-0.4, -0.2) is 34.0 Å². The zero-order valence-electron chi connectivity index (χ0n) is 14.4. The van der Waals surface area contributed by atoms with Crippen molar-refractivity contribution in [2.75, 3.05) is 5.32 Å². The summed E-state index contributed by atoms with van der Waals surface area (Å²) in [5.41, 5.74) is -0.170. The number of carbonyl (C=O) groups is 2. The number of aromatic hydroxyl groups is 1. The van der Waals surface area contributed by atoms with Crippen molar-refractivity contribution in [3.63, 3.8) is 0 Å². The lowest BCUT2D eigenvalue weighted by Crippen LogP contribution is -2.62. The second kappa shape index (κ2) is 6.61. The number of carbonyl (C=O) groups excluding carboxylic acids is 2. The van der Waals surface area contributed by atoms with Gasteiger partial charge in [0.25, 0.3) is 0 Å². The molecule has 0 spiro atoms. The number of nitrogens with one attached hydrogen (secondary N) is 3.